The average Bonchev–Trinajstić information content (AvgIpc) is 2.42. The molecular formula is C13H26N2O3. The van der Waals surface area contributed by atoms with E-state index in [1.807, 2.05) is 0 Å². The van der Waals surface area contributed by atoms with E-state index in [0.29, 0.717) is 12.5 Å². The normalized spacial score (nSPS) is 22.7. The summed E-state index contributed by atoms with van der Waals surface area (Å²) in [5, 5.41) is 0. The van der Waals surface area contributed by atoms with Crippen LogP contribution in [0.5, 0.6) is 0 Å². The highest BCUT2D eigenvalue weighted by Gasteiger charge is 2.21. The van der Waals surface area contributed by atoms with Crippen LogP contribution in [0.15, 0.2) is 0 Å². The van der Waals surface area contributed by atoms with Crippen molar-refractivity contribution in [1.29, 1.82) is 0 Å². The third-order valence-corrected chi connectivity index (χ3v) is 3.28. The molecule has 18 heavy (non-hydrogen) atoms. The zero-order valence-corrected chi connectivity index (χ0v) is 11.6. The van der Waals surface area contributed by atoms with Gasteiger partial charge in [-0.1, -0.05) is 6.92 Å². The van der Waals surface area contributed by atoms with Crippen LogP contribution in [0.3, 0.4) is 0 Å². The Kier molecular flexibility index (Phi) is 7.23. The van der Waals surface area contributed by atoms with Gasteiger partial charge in [0.15, 0.2) is 0 Å². The molecule has 0 spiro atoms. The van der Waals surface area contributed by atoms with Crippen molar-refractivity contribution in [2.75, 3.05) is 33.4 Å². The van der Waals surface area contributed by atoms with Crippen LogP contribution in [-0.2, 0) is 14.3 Å². The lowest BCUT2D eigenvalue weighted by atomic mass is 10.1. The van der Waals surface area contributed by atoms with Crippen molar-refractivity contribution < 1.29 is 14.3 Å². The van der Waals surface area contributed by atoms with E-state index in [0.717, 1.165) is 45.5 Å². The summed E-state index contributed by atoms with van der Waals surface area (Å²) >= 11 is 0. The summed E-state index contributed by atoms with van der Waals surface area (Å²) in [6, 6.07) is -0.507. The second kappa shape index (κ2) is 8.45. The lowest BCUT2D eigenvalue weighted by molar-refractivity contribution is -0.142. The lowest BCUT2D eigenvalue weighted by Crippen LogP contribution is -2.43. The number of piperidine rings is 1. The molecule has 0 saturated carbocycles. The fourth-order valence-electron chi connectivity index (χ4n) is 2.23. The molecule has 1 saturated heterocycles. The van der Waals surface area contributed by atoms with E-state index in [2.05, 4.69) is 16.6 Å². The molecule has 0 radical (unpaired) electrons. The number of ether oxygens (including phenoxy) is 2. The second-order valence-electron chi connectivity index (χ2n) is 4.85. The summed E-state index contributed by atoms with van der Waals surface area (Å²) in [4.78, 5) is 13.5. The zero-order valence-electron chi connectivity index (χ0n) is 11.6. The van der Waals surface area contributed by atoms with Crippen molar-refractivity contribution in [2.24, 2.45) is 5.73 Å². The molecule has 106 valence electrons. The molecule has 1 aliphatic rings. The van der Waals surface area contributed by atoms with Gasteiger partial charge >= 0.3 is 5.97 Å². The molecule has 1 heterocycles. The molecule has 2 atom stereocenters. The number of hydrogen-bond donors (Lipinski definition) is 1. The highest BCUT2D eigenvalue weighted by atomic mass is 16.5. The van der Waals surface area contributed by atoms with E-state index < -0.39 is 6.04 Å². The SMILES string of the molecule is CCCOC1CCCN(CCC(N)C(=O)OC)C1. The van der Waals surface area contributed by atoms with Crippen LogP contribution in [0.1, 0.15) is 32.6 Å². The summed E-state index contributed by atoms with van der Waals surface area (Å²) in [6.45, 7) is 5.81. The standard InChI is InChI=1S/C13H26N2O3/c1-3-9-18-11-5-4-7-15(10-11)8-6-12(14)13(16)17-2/h11-12H,3-10,14H2,1-2H3. The smallest absolute Gasteiger partial charge is 0.322 e. The van der Waals surface area contributed by atoms with Gasteiger partial charge in [-0.15, -0.1) is 0 Å². The van der Waals surface area contributed by atoms with Gasteiger partial charge in [-0.25, -0.2) is 0 Å². The Hall–Kier alpha value is -0.650. The number of esters is 1. The first-order chi connectivity index (χ1) is 8.67. The average molecular weight is 258 g/mol. The zero-order chi connectivity index (χ0) is 13.4. The topological polar surface area (TPSA) is 64.8 Å². The maximum absolute atomic E-state index is 11.2. The maximum Gasteiger partial charge on any atom is 0.322 e. The third kappa shape index (κ3) is 5.33. The van der Waals surface area contributed by atoms with Gasteiger partial charge in [0, 0.05) is 19.7 Å². The Morgan fingerprint density at radius 2 is 2.33 bits per heavy atom. The number of likely N-dealkylation sites (tertiary alicyclic amines) is 1. The number of carbonyl (C=O) groups excluding carboxylic acids is 1. The summed E-state index contributed by atoms with van der Waals surface area (Å²) in [6.07, 6.45) is 4.34. The van der Waals surface area contributed by atoms with Crippen molar-refractivity contribution >= 4 is 5.97 Å². The van der Waals surface area contributed by atoms with Gasteiger partial charge in [0.25, 0.3) is 0 Å². The van der Waals surface area contributed by atoms with Gasteiger partial charge in [-0.05, 0) is 32.2 Å². The molecule has 5 heteroatoms. The number of rotatable bonds is 7. The van der Waals surface area contributed by atoms with Crippen LogP contribution >= 0.6 is 0 Å². The molecule has 0 aromatic rings. The van der Waals surface area contributed by atoms with Crippen LogP contribution in [0, 0.1) is 0 Å². The largest absolute Gasteiger partial charge is 0.468 e. The molecule has 1 rings (SSSR count). The quantitative estimate of drug-likeness (QED) is 0.683. The molecule has 0 bridgehead atoms. The molecule has 1 aliphatic heterocycles. The van der Waals surface area contributed by atoms with Crippen LogP contribution in [0.25, 0.3) is 0 Å². The summed E-state index contributed by atoms with van der Waals surface area (Å²) in [7, 11) is 1.37. The number of carbonyl (C=O) groups is 1. The fraction of sp³-hybridized carbons (Fsp3) is 0.923. The predicted molar refractivity (Wildman–Crippen MR) is 70.3 cm³/mol. The van der Waals surface area contributed by atoms with E-state index in [1.165, 1.54) is 7.11 Å². The minimum Gasteiger partial charge on any atom is -0.468 e. The lowest BCUT2D eigenvalue weighted by Gasteiger charge is -2.32. The first-order valence-electron chi connectivity index (χ1n) is 6.84. The van der Waals surface area contributed by atoms with Crippen molar-refractivity contribution in [1.82, 2.24) is 4.90 Å². The number of methoxy groups -OCH3 is 1. The van der Waals surface area contributed by atoms with Gasteiger partial charge in [0.1, 0.15) is 6.04 Å². The van der Waals surface area contributed by atoms with E-state index in [9.17, 15) is 4.79 Å². The Morgan fingerprint density at radius 3 is 3.00 bits per heavy atom. The van der Waals surface area contributed by atoms with Gasteiger partial charge in [0.2, 0.25) is 0 Å². The predicted octanol–water partition coefficient (Wildman–Crippen LogP) is 0.768. The molecular weight excluding hydrogens is 232 g/mol. The molecule has 1 fully saturated rings. The highest BCUT2D eigenvalue weighted by Crippen LogP contribution is 2.14. The summed E-state index contributed by atoms with van der Waals surface area (Å²) in [5.74, 6) is -0.328. The van der Waals surface area contributed by atoms with E-state index in [-0.39, 0.29) is 5.97 Å². The monoisotopic (exact) mass is 258 g/mol. The number of nitrogens with zero attached hydrogens (tertiary/aromatic N) is 1. The first-order valence-corrected chi connectivity index (χ1v) is 6.84. The molecule has 0 aromatic carbocycles. The van der Waals surface area contributed by atoms with Gasteiger partial charge in [-0.2, -0.15) is 0 Å². The van der Waals surface area contributed by atoms with E-state index >= 15 is 0 Å². The van der Waals surface area contributed by atoms with Gasteiger partial charge in [0.05, 0.1) is 13.2 Å². The van der Waals surface area contributed by atoms with E-state index in [1.54, 1.807) is 0 Å². The first kappa shape index (κ1) is 15.4. The van der Waals surface area contributed by atoms with Crippen LogP contribution in [0.4, 0.5) is 0 Å². The molecule has 0 aliphatic carbocycles. The molecule has 0 amide bonds. The number of nitrogens with two attached hydrogens (primary N) is 1. The Labute approximate surface area is 110 Å². The molecule has 0 aromatic heterocycles. The highest BCUT2D eigenvalue weighted by molar-refractivity contribution is 5.75. The Balaban J connectivity index is 2.23. The van der Waals surface area contributed by atoms with E-state index in [4.69, 9.17) is 10.5 Å². The van der Waals surface area contributed by atoms with Crippen molar-refractivity contribution in [3.63, 3.8) is 0 Å². The molecule has 2 unspecified atom stereocenters. The fourth-order valence-corrected chi connectivity index (χ4v) is 2.23. The Morgan fingerprint density at radius 1 is 1.56 bits per heavy atom. The summed E-state index contributed by atoms with van der Waals surface area (Å²) < 4.78 is 10.4. The summed E-state index contributed by atoms with van der Waals surface area (Å²) in [5.41, 5.74) is 5.73. The maximum atomic E-state index is 11.2. The van der Waals surface area contributed by atoms with Crippen LogP contribution in [0.2, 0.25) is 0 Å². The molecule has 5 nitrogen and oxygen atoms in total. The van der Waals surface area contributed by atoms with Gasteiger partial charge < -0.3 is 20.1 Å². The van der Waals surface area contributed by atoms with Crippen molar-refractivity contribution in [3.05, 3.63) is 0 Å². The van der Waals surface area contributed by atoms with Crippen molar-refractivity contribution in [2.45, 2.75) is 44.8 Å². The van der Waals surface area contributed by atoms with Crippen LogP contribution < -0.4 is 5.73 Å². The van der Waals surface area contributed by atoms with Crippen LogP contribution in [-0.4, -0.2) is 56.4 Å². The minimum absolute atomic E-state index is 0.328. The minimum atomic E-state index is -0.507. The van der Waals surface area contributed by atoms with Crippen molar-refractivity contribution in [3.8, 4) is 0 Å². The Bertz CT molecular complexity index is 248. The third-order valence-electron chi connectivity index (χ3n) is 3.28. The molecule has 2 N–H and O–H groups in total. The van der Waals surface area contributed by atoms with Gasteiger partial charge in [-0.3, -0.25) is 4.79 Å². The number of hydrogen-bond acceptors (Lipinski definition) is 5. The second-order valence-corrected chi connectivity index (χ2v) is 4.85.